The van der Waals surface area contributed by atoms with Crippen molar-refractivity contribution in [3.05, 3.63) is 10.4 Å². The number of nitrogens with zero attached hydrogens (tertiary/aromatic N) is 3. The minimum atomic E-state index is -0.593. The molecule has 0 heterocycles. The molecule has 92 valence electrons. The van der Waals surface area contributed by atoms with Crippen molar-refractivity contribution >= 4 is 17.6 Å². The van der Waals surface area contributed by atoms with E-state index in [0.717, 1.165) is 25.1 Å². The van der Waals surface area contributed by atoms with Crippen LogP contribution in [0, 0.1) is 0 Å². The molecule has 0 rings (SSSR count). The zero-order valence-corrected chi connectivity index (χ0v) is 10.2. The van der Waals surface area contributed by atoms with Gasteiger partial charge in [0.25, 0.3) is 0 Å². The van der Waals surface area contributed by atoms with E-state index < -0.39 is 6.03 Å². The lowest BCUT2D eigenvalue weighted by Gasteiger charge is -2.02. The summed E-state index contributed by atoms with van der Waals surface area (Å²) in [5.74, 6) is 0.755. The van der Waals surface area contributed by atoms with Gasteiger partial charge in [-0.1, -0.05) is 32.1 Å². The highest BCUT2D eigenvalue weighted by molar-refractivity contribution is 6.17. The van der Waals surface area contributed by atoms with Crippen molar-refractivity contribution in [2.75, 3.05) is 12.4 Å². The number of hydrogen-bond acceptors (Lipinski definition) is 1. The average Bonchev–Trinajstić information content (AvgIpc) is 2.27. The standard InChI is InChI=1S/C10H19ClN4O/c11-8-6-4-2-1-3-5-7-9-13-10(16)14-15-12/h1-9H2,(H,13,16). The van der Waals surface area contributed by atoms with E-state index in [2.05, 4.69) is 15.3 Å². The molecule has 6 heteroatoms. The Labute approximate surface area is 101 Å². The van der Waals surface area contributed by atoms with Crippen LogP contribution in [0.5, 0.6) is 0 Å². The summed E-state index contributed by atoms with van der Waals surface area (Å²) < 4.78 is 0. The monoisotopic (exact) mass is 246 g/mol. The topological polar surface area (TPSA) is 77.9 Å². The van der Waals surface area contributed by atoms with Crippen LogP contribution in [0.25, 0.3) is 10.4 Å². The van der Waals surface area contributed by atoms with Crippen molar-refractivity contribution in [1.82, 2.24) is 5.32 Å². The third-order valence-electron chi connectivity index (χ3n) is 2.22. The zero-order chi connectivity index (χ0) is 12.1. The second-order valence-electron chi connectivity index (χ2n) is 3.59. The summed E-state index contributed by atoms with van der Waals surface area (Å²) in [7, 11) is 0. The van der Waals surface area contributed by atoms with E-state index in [-0.39, 0.29) is 0 Å². The Bertz CT molecular complexity index is 229. The molecule has 0 aliphatic carbocycles. The molecule has 2 amide bonds. The lowest BCUT2D eigenvalue weighted by atomic mass is 10.1. The number of azide groups is 1. The van der Waals surface area contributed by atoms with Crippen LogP contribution >= 0.6 is 11.6 Å². The fourth-order valence-electron chi connectivity index (χ4n) is 1.37. The molecule has 0 saturated carbocycles. The maximum atomic E-state index is 10.7. The van der Waals surface area contributed by atoms with Crippen LogP contribution in [0.3, 0.4) is 0 Å². The summed E-state index contributed by atoms with van der Waals surface area (Å²) in [6, 6.07) is -0.593. The highest BCUT2D eigenvalue weighted by Gasteiger charge is 1.95. The van der Waals surface area contributed by atoms with Gasteiger partial charge in [0.1, 0.15) is 0 Å². The summed E-state index contributed by atoms with van der Waals surface area (Å²) in [5, 5.41) is 5.43. The molecule has 5 nitrogen and oxygen atoms in total. The van der Waals surface area contributed by atoms with Crippen molar-refractivity contribution in [2.45, 2.75) is 44.9 Å². The van der Waals surface area contributed by atoms with Gasteiger partial charge in [0.05, 0.1) is 0 Å². The molecular formula is C10H19ClN4O. The SMILES string of the molecule is [N-]=[N+]=NC(=O)NCCCCCCCCCCl. The molecule has 0 fully saturated rings. The lowest BCUT2D eigenvalue weighted by molar-refractivity contribution is 0.248. The lowest BCUT2D eigenvalue weighted by Crippen LogP contribution is -2.20. The predicted molar refractivity (Wildman–Crippen MR) is 65.6 cm³/mol. The highest BCUT2D eigenvalue weighted by atomic mass is 35.5. The van der Waals surface area contributed by atoms with Gasteiger partial charge in [-0.25, -0.2) is 0 Å². The predicted octanol–water partition coefficient (Wildman–Crippen LogP) is 3.98. The fourth-order valence-corrected chi connectivity index (χ4v) is 1.56. The third kappa shape index (κ3) is 11.1. The smallest absolute Gasteiger partial charge is 0.308 e. The van der Waals surface area contributed by atoms with Crippen LogP contribution < -0.4 is 5.32 Å². The van der Waals surface area contributed by atoms with Crippen LogP contribution in [0.2, 0.25) is 0 Å². The number of nitrogens with one attached hydrogen (secondary N) is 1. The molecule has 0 aliphatic heterocycles. The number of carbonyl (C=O) groups is 1. The van der Waals surface area contributed by atoms with E-state index in [0.29, 0.717) is 6.54 Å². The van der Waals surface area contributed by atoms with E-state index in [1.54, 1.807) is 0 Å². The van der Waals surface area contributed by atoms with Crippen LogP contribution in [0.15, 0.2) is 5.11 Å². The maximum absolute atomic E-state index is 10.7. The largest absolute Gasteiger partial charge is 0.351 e. The molecule has 16 heavy (non-hydrogen) atoms. The van der Waals surface area contributed by atoms with Gasteiger partial charge in [0.15, 0.2) is 0 Å². The van der Waals surface area contributed by atoms with Gasteiger partial charge in [-0.2, -0.15) is 0 Å². The molecule has 0 aromatic heterocycles. The molecule has 0 aromatic rings. The molecule has 0 aliphatic rings. The number of halogens is 1. The first kappa shape index (κ1) is 15.1. The normalized spacial score (nSPS) is 9.56. The Morgan fingerprint density at radius 3 is 2.25 bits per heavy atom. The van der Waals surface area contributed by atoms with Crippen molar-refractivity contribution in [2.24, 2.45) is 5.11 Å². The van der Waals surface area contributed by atoms with Crippen molar-refractivity contribution in [3.63, 3.8) is 0 Å². The summed E-state index contributed by atoms with van der Waals surface area (Å²) in [4.78, 5) is 13.1. The number of rotatable bonds is 9. The van der Waals surface area contributed by atoms with Gasteiger partial charge in [-0.15, -0.1) is 11.6 Å². The highest BCUT2D eigenvalue weighted by Crippen LogP contribution is 2.07. The number of hydrogen-bond donors (Lipinski definition) is 1. The second-order valence-corrected chi connectivity index (χ2v) is 3.96. The molecule has 0 unspecified atom stereocenters. The Kier molecular flexibility index (Phi) is 11.4. The quantitative estimate of drug-likeness (QED) is 0.216. The van der Waals surface area contributed by atoms with E-state index in [9.17, 15) is 4.79 Å². The van der Waals surface area contributed by atoms with Gasteiger partial charge in [0.2, 0.25) is 0 Å². The molecule has 0 spiro atoms. The van der Waals surface area contributed by atoms with Gasteiger partial charge < -0.3 is 5.32 Å². The van der Waals surface area contributed by atoms with Crippen LogP contribution in [0.1, 0.15) is 44.9 Å². The van der Waals surface area contributed by atoms with Gasteiger partial charge in [0, 0.05) is 22.5 Å². The molecule has 0 bridgehead atoms. The molecule has 0 radical (unpaired) electrons. The molecule has 0 saturated heterocycles. The van der Waals surface area contributed by atoms with Gasteiger partial charge >= 0.3 is 6.03 Å². The van der Waals surface area contributed by atoms with Gasteiger partial charge in [-0.05, 0) is 18.4 Å². The summed E-state index contributed by atoms with van der Waals surface area (Å²) >= 11 is 5.56. The van der Waals surface area contributed by atoms with Crippen LogP contribution in [-0.2, 0) is 0 Å². The van der Waals surface area contributed by atoms with E-state index >= 15 is 0 Å². The third-order valence-corrected chi connectivity index (χ3v) is 2.49. The second kappa shape index (κ2) is 12.1. The van der Waals surface area contributed by atoms with Crippen LogP contribution in [-0.4, -0.2) is 18.5 Å². The summed E-state index contributed by atoms with van der Waals surface area (Å²) in [6.07, 6.45) is 7.97. The Morgan fingerprint density at radius 1 is 1.12 bits per heavy atom. The molecular weight excluding hydrogens is 228 g/mol. The first-order chi connectivity index (χ1) is 7.81. The van der Waals surface area contributed by atoms with Gasteiger partial charge in [-0.3, -0.25) is 4.79 Å². The van der Waals surface area contributed by atoms with E-state index in [4.69, 9.17) is 17.1 Å². The minimum absolute atomic E-state index is 0.583. The maximum Gasteiger partial charge on any atom is 0.308 e. The van der Waals surface area contributed by atoms with Crippen molar-refractivity contribution in [1.29, 1.82) is 0 Å². The summed E-state index contributed by atoms with van der Waals surface area (Å²) in [5.41, 5.74) is 7.97. The number of amides is 2. The van der Waals surface area contributed by atoms with E-state index in [1.165, 1.54) is 25.7 Å². The molecule has 1 N–H and O–H groups in total. The molecule has 0 aromatic carbocycles. The first-order valence-corrected chi connectivity index (χ1v) is 6.23. The summed E-state index contributed by atoms with van der Waals surface area (Å²) in [6.45, 7) is 0.583. The minimum Gasteiger partial charge on any atom is -0.351 e. The number of carbonyl (C=O) groups excluding carboxylic acids is 1. The first-order valence-electron chi connectivity index (χ1n) is 5.70. The Morgan fingerprint density at radius 2 is 1.69 bits per heavy atom. The van der Waals surface area contributed by atoms with Crippen molar-refractivity contribution < 1.29 is 4.79 Å². The van der Waals surface area contributed by atoms with Crippen molar-refractivity contribution in [3.8, 4) is 0 Å². The number of urea groups is 1. The molecule has 0 atom stereocenters. The fraction of sp³-hybridized carbons (Fsp3) is 0.900. The zero-order valence-electron chi connectivity index (χ0n) is 9.49. The average molecular weight is 247 g/mol. The number of unbranched alkanes of at least 4 members (excludes halogenated alkanes) is 6. The Hall–Kier alpha value is -0.930. The number of alkyl halides is 1. The Balaban J connectivity index is 3.09. The van der Waals surface area contributed by atoms with E-state index in [1.807, 2.05) is 0 Å². The van der Waals surface area contributed by atoms with Crippen LogP contribution in [0.4, 0.5) is 4.79 Å².